The molecule has 3 aromatic rings. The summed E-state index contributed by atoms with van der Waals surface area (Å²) in [5, 5.41) is 2.29. The second-order valence-corrected chi connectivity index (χ2v) is 8.05. The number of benzene rings is 2. The Morgan fingerprint density at radius 1 is 1.07 bits per heavy atom. The van der Waals surface area contributed by atoms with E-state index in [0.29, 0.717) is 23.3 Å². The van der Waals surface area contributed by atoms with Crippen LogP contribution in [-0.2, 0) is 9.53 Å². The number of fused-ring (bicyclic) bond motifs is 1. The van der Waals surface area contributed by atoms with Crippen LogP contribution in [0.25, 0.3) is 10.9 Å². The summed E-state index contributed by atoms with van der Waals surface area (Å²) in [6.45, 7) is 8.05. The van der Waals surface area contributed by atoms with Gasteiger partial charge in [0.25, 0.3) is 5.56 Å². The number of carbonyl (C=O) groups is 1. The van der Waals surface area contributed by atoms with Gasteiger partial charge in [0.15, 0.2) is 5.54 Å². The van der Waals surface area contributed by atoms with Crippen LogP contribution in [0.4, 0.5) is 0 Å². The van der Waals surface area contributed by atoms with Crippen molar-refractivity contribution in [3.05, 3.63) is 76.3 Å². The molecule has 1 saturated heterocycles. The Morgan fingerprint density at radius 3 is 2.41 bits per heavy atom. The minimum Gasteiger partial charge on any atom is -0.456 e. The van der Waals surface area contributed by atoms with E-state index in [2.05, 4.69) is 0 Å². The molecule has 0 radical (unpaired) electrons. The number of hydrogen-bond donors (Lipinski definition) is 0. The third kappa shape index (κ3) is 3.28. The molecule has 4 rings (SSSR count). The van der Waals surface area contributed by atoms with Gasteiger partial charge in [-0.25, -0.2) is 14.5 Å². The van der Waals surface area contributed by atoms with Gasteiger partial charge in [-0.1, -0.05) is 56.3 Å². The number of rotatable bonds is 5. The lowest BCUT2D eigenvalue weighted by molar-refractivity contribution is -0.151. The Kier molecular flexibility index (Phi) is 4.65. The highest BCUT2D eigenvalue weighted by Gasteiger charge is 2.58. The maximum Gasteiger partial charge on any atom is 0.335 e. The molecule has 1 fully saturated rings. The zero-order chi connectivity index (χ0) is 20.8. The molecular formula is C23H25N3O3. The lowest BCUT2D eigenvalue weighted by Gasteiger charge is -2.21. The minimum atomic E-state index is -0.888. The summed E-state index contributed by atoms with van der Waals surface area (Å²) in [5.74, 6) is 0.321. The van der Waals surface area contributed by atoms with Gasteiger partial charge in [0, 0.05) is 5.92 Å². The van der Waals surface area contributed by atoms with Crippen molar-refractivity contribution in [2.45, 2.75) is 45.3 Å². The average Bonchev–Trinajstić information content (AvgIpc) is 3.40. The van der Waals surface area contributed by atoms with Gasteiger partial charge in [-0.15, -0.1) is 0 Å². The summed E-state index contributed by atoms with van der Waals surface area (Å²) in [4.78, 5) is 30.9. The normalized spacial score (nSPS) is 19.4. The monoisotopic (exact) mass is 391 g/mol. The Balaban J connectivity index is 1.66. The van der Waals surface area contributed by atoms with E-state index in [-0.39, 0.29) is 23.6 Å². The van der Waals surface area contributed by atoms with Gasteiger partial charge < -0.3 is 4.74 Å². The number of aromatic nitrogens is 2. The van der Waals surface area contributed by atoms with Crippen molar-refractivity contribution in [2.75, 3.05) is 11.6 Å². The molecular weight excluding hydrogens is 366 g/mol. The predicted octanol–water partition coefficient (Wildman–Crippen LogP) is 3.53. The molecule has 150 valence electrons. The number of hydrogen-bond acceptors (Lipinski definition) is 5. The fourth-order valence-corrected chi connectivity index (χ4v) is 3.55. The van der Waals surface area contributed by atoms with Crippen molar-refractivity contribution in [2.24, 2.45) is 0 Å². The first kappa shape index (κ1) is 19.2. The molecule has 2 atom stereocenters. The lowest BCUT2D eigenvalue weighted by Crippen LogP contribution is -2.40. The molecule has 0 bridgehead atoms. The van der Waals surface area contributed by atoms with Gasteiger partial charge in [0.05, 0.1) is 17.4 Å². The molecule has 2 aromatic carbocycles. The van der Waals surface area contributed by atoms with Crippen LogP contribution >= 0.6 is 0 Å². The minimum absolute atomic E-state index is 0.0245. The van der Waals surface area contributed by atoms with E-state index in [1.54, 1.807) is 22.7 Å². The van der Waals surface area contributed by atoms with Crippen LogP contribution < -0.4 is 10.6 Å². The molecule has 1 aliphatic rings. The van der Waals surface area contributed by atoms with Crippen LogP contribution in [0.15, 0.2) is 59.4 Å². The molecule has 6 nitrogen and oxygen atoms in total. The molecule has 1 aromatic heterocycles. The Hall–Kier alpha value is -3.15. The zero-order valence-corrected chi connectivity index (χ0v) is 17.1. The number of carbonyl (C=O) groups excluding carboxylic acids is 1. The van der Waals surface area contributed by atoms with Gasteiger partial charge in [0.1, 0.15) is 11.9 Å². The molecule has 1 aliphatic heterocycles. The molecule has 0 amide bonds. The fraction of sp³-hybridized carbons (Fsp3) is 0.348. The van der Waals surface area contributed by atoms with E-state index in [1.807, 2.05) is 69.3 Å². The van der Waals surface area contributed by atoms with E-state index in [0.717, 1.165) is 5.56 Å². The van der Waals surface area contributed by atoms with Crippen LogP contribution in [0.5, 0.6) is 0 Å². The van der Waals surface area contributed by atoms with Crippen molar-refractivity contribution >= 4 is 16.9 Å². The highest BCUT2D eigenvalue weighted by molar-refractivity contribution is 5.88. The molecule has 0 saturated carbocycles. The van der Waals surface area contributed by atoms with Crippen molar-refractivity contribution in [3.63, 3.8) is 0 Å². The van der Waals surface area contributed by atoms with Crippen molar-refractivity contribution in [1.82, 2.24) is 9.66 Å². The van der Waals surface area contributed by atoms with Crippen LogP contribution in [0, 0.1) is 0 Å². The van der Waals surface area contributed by atoms with Gasteiger partial charge in [-0.05, 0) is 31.5 Å². The number of nitrogens with zero attached hydrogens (tertiary/aromatic N) is 3. The second kappa shape index (κ2) is 7.03. The highest BCUT2D eigenvalue weighted by Crippen LogP contribution is 2.34. The summed E-state index contributed by atoms with van der Waals surface area (Å²) in [5.41, 5.74) is 0.554. The first-order valence-electron chi connectivity index (χ1n) is 9.88. The average molecular weight is 391 g/mol. The smallest absolute Gasteiger partial charge is 0.335 e. The van der Waals surface area contributed by atoms with Gasteiger partial charge in [0.2, 0.25) is 0 Å². The van der Waals surface area contributed by atoms with E-state index in [4.69, 9.17) is 9.72 Å². The zero-order valence-electron chi connectivity index (χ0n) is 17.1. The van der Waals surface area contributed by atoms with Crippen molar-refractivity contribution in [1.29, 1.82) is 0 Å². The summed E-state index contributed by atoms with van der Waals surface area (Å²) in [6.07, 6.45) is -0.362. The molecule has 0 unspecified atom stereocenters. The molecule has 6 heteroatoms. The molecule has 0 N–H and O–H groups in total. The van der Waals surface area contributed by atoms with Crippen molar-refractivity contribution < 1.29 is 9.53 Å². The van der Waals surface area contributed by atoms with E-state index in [1.165, 1.54) is 0 Å². The van der Waals surface area contributed by atoms with Gasteiger partial charge in [-0.3, -0.25) is 9.80 Å². The largest absolute Gasteiger partial charge is 0.456 e. The summed E-state index contributed by atoms with van der Waals surface area (Å²) >= 11 is 0. The molecule has 0 spiro atoms. The number of esters is 1. The third-order valence-corrected chi connectivity index (χ3v) is 5.45. The quantitative estimate of drug-likeness (QED) is 0.492. The first-order valence-corrected chi connectivity index (χ1v) is 9.88. The summed E-state index contributed by atoms with van der Waals surface area (Å²) in [7, 11) is 0. The molecule has 0 aliphatic carbocycles. The Bertz CT molecular complexity index is 1120. The van der Waals surface area contributed by atoms with Crippen LogP contribution in [0.1, 0.15) is 51.1 Å². The standard InChI is InChI=1S/C23H25N3O3/c1-15(2)20-24-19-13-9-8-12-18(19)21(27)26(20)25-14-23(25,4)22(28)29-16(3)17-10-6-5-7-11-17/h5-13,15-16H,14H2,1-4H3/t16-,23-,25?/m1/s1. The fourth-order valence-electron chi connectivity index (χ4n) is 3.55. The lowest BCUT2D eigenvalue weighted by atomic mass is 10.1. The van der Waals surface area contributed by atoms with Gasteiger partial charge >= 0.3 is 5.97 Å². The first-order chi connectivity index (χ1) is 13.8. The molecule has 29 heavy (non-hydrogen) atoms. The SMILES string of the molecule is CC(C)c1nc2ccccc2c(=O)n1N1C[C@]1(C)C(=O)O[C@H](C)c1ccccc1. The van der Waals surface area contributed by atoms with Crippen LogP contribution in [0.2, 0.25) is 0 Å². The number of para-hydroxylation sites is 1. The molecule has 2 heterocycles. The maximum absolute atomic E-state index is 13.2. The summed E-state index contributed by atoms with van der Waals surface area (Å²) < 4.78 is 7.28. The maximum atomic E-state index is 13.2. The van der Waals surface area contributed by atoms with Crippen molar-refractivity contribution in [3.8, 4) is 0 Å². The van der Waals surface area contributed by atoms with E-state index >= 15 is 0 Å². The van der Waals surface area contributed by atoms with E-state index in [9.17, 15) is 9.59 Å². The second-order valence-electron chi connectivity index (χ2n) is 8.05. The third-order valence-electron chi connectivity index (χ3n) is 5.45. The van der Waals surface area contributed by atoms with Gasteiger partial charge in [-0.2, -0.15) is 0 Å². The number of ether oxygens (including phenoxy) is 1. The van der Waals surface area contributed by atoms with E-state index < -0.39 is 5.54 Å². The topological polar surface area (TPSA) is 64.2 Å². The van der Waals surface area contributed by atoms with Crippen LogP contribution in [0.3, 0.4) is 0 Å². The van der Waals surface area contributed by atoms with Crippen LogP contribution in [-0.4, -0.2) is 27.7 Å². The Morgan fingerprint density at radius 2 is 1.72 bits per heavy atom. The Labute approximate surface area is 169 Å². The highest BCUT2D eigenvalue weighted by atomic mass is 16.5. The summed E-state index contributed by atoms with van der Waals surface area (Å²) in [6, 6.07) is 16.9. The predicted molar refractivity (Wildman–Crippen MR) is 113 cm³/mol.